The van der Waals surface area contributed by atoms with Crippen LogP contribution in [0.15, 0.2) is 77.0 Å². The van der Waals surface area contributed by atoms with Crippen LogP contribution in [0.25, 0.3) is 0 Å². The first-order valence-electron chi connectivity index (χ1n) is 10.7. The van der Waals surface area contributed by atoms with Gasteiger partial charge < -0.3 is 15.1 Å². The summed E-state index contributed by atoms with van der Waals surface area (Å²) in [6, 6.07) is 16.0. The maximum atomic E-state index is 13.5. The van der Waals surface area contributed by atoms with Gasteiger partial charge in [0, 0.05) is 31.7 Å². The molecule has 0 radical (unpaired) electrons. The third kappa shape index (κ3) is 5.41. The van der Waals surface area contributed by atoms with E-state index in [1.807, 2.05) is 0 Å². The van der Waals surface area contributed by atoms with E-state index in [1.54, 1.807) is 17.5 Å². The van der Waals surface area contributed by atoms with Gasteiger partial charge >= 0.3 is 0 Å². The van der Waals surface area contributed by atoms with Crippen molar-refractivity contribution in [2.45, 2.75) is 10.3 Å². The highest BCUT2D eigenvalue weighted by atomic mass is 32.2. The summed E-state index contributed by atoms with van der Waals surface area (Å²) < 4.78 is 40.2. The number of hydrogen-bond acceptors (Lipinski definition) is 6. The predicted octanol–water partition coefficient (Wildman–Crippen LogP) is 2.40. The van der Waals surface area contributed by atoms with E-state index in [0.717, 1.165) is 17.4 Å². The summed E-state index contributed by atoms with van der Waals surface area (Å²) in [7, 11) is -4.25. The van der Waals surface area contributed by atoms with E-state index in [1.165, 1.54) is 58.3 Å². The minimum absolute atomic E-state index is 0.0651. The topological polar surface area (TPSA) is 104 Å². The maximum absolute atomic E-state index is 13.5. The first-order valence-corrected chi connectivity index (χ1v) is 13.2. The van der Waals surface area contributed by atoms with E-state index < -0.39 is 32.8 Å². The van der Waals surface area contributed by atoms with Crippen LogP contribution in [0.3, 0.4) is 0 Å². The summed E-state index contributed by atoms with van der Waals surface area (Å²) in [4.78, 5) is 41.7. The van der Waals surface area contributed by atoms with E-state index in [-0.39, 0.29) is 47.4 Å². The molecule has 4 rings (SSSR count). The highest BCUT2D eigenvalue weighted by Crippen LogP contribution is 2.19. The molecule has 2 aromatic carbocycles. The zero-order chi connectivity index (χ0) is 25.0. The molecule has 1 saturated heterocycles. The number of amides is 3. The molecule has 0 bridgehead atoms. The fourth-order valence-electron chi connectivity index (χ4n) is 3.72. The maximum Gasteiger partial charge on any atom is 0.262 e. The second-order valence-electron chi connectivity index (χ2n) is 7.82. The largest absolute Gasteiger partial charge is 0.336 e. The van der Waals surface area contributed by atoms with Crippen LogP contribution in [0, 0.1) is 5.82 Å². The molecule has 1 aromatic heterocycles. The molecule has 1 aliphatic rings. The molecule has 1 aliphatic heterocycles. The number of thiophene rings is 1. The van der Waals surface area contributed by atoms with Crippen molar-refractivity contribution in [1.29, 1.82) is 0 Å². The number of halogens is 1. The van der Waals surface area contributed by atoms with Gasteiger partial charge in [0.25, 0.3) is 17.7 Å². The number of sulfone groups is 1. The van der Waals surface area contributed by atoms with Crippen LogP contribution >= 0.6 is 11.3 Å². The number of rotatable bonds is 6. The van der Waals surface area contributed by atoms with Gasteiger partial charge in [-0.15, -0.1) is 11.3 Å². The lowest BCUT2D eigenvalue weighted by Gasteiger charge is -2.36. The van der Waals surface area contributed by atoms with Crippen LogP contribution in [0.4, 0.5) is 4.39 Å². The molecule has 35 heavy (non-hydrogen) atoms. The molecular weight excluding hydrogens is 493 g/mol. The van der Waals surface area contributed by atoms with E-state index in [0.29, 0.717) is 0 Å². The Bertz CT molecular complexity index is 1320. The Morgan fingerprint density at radius 3 is 2.20 bits per heavy atom. The van der Waals surface area contributed by atoms with E-state index in [9.17, 15) is 27.2 Å². The fourth-order valence-corrected chi connectivity index (χ4v) is 5.83. The molecule has 0 unspecified atom stereocenters. The molecule has 2 heterocycles. The van der Waals surface area contributed by atoms with Crippen molar-refractivity contribution in [1.82, 2.24) is 15.1 Å². The molecule has 0 aliphatic carbocycles. The molecule has 11 heteroatoms. The minimum atomic E-state index is -4.25. The van der Waals surface area contributed by atoms with Crippen molar-refractivity contribution in [3.63, 3.8) is 0 Å². The van der Waals surface area contributed by atoms with Crippen molar-refractivity contribution in [3.8, 4) is 0 Å². The third-order valence-corrected chi connectivity index (χ3v) is 8.30. The second kappa shape index (κ2) is 10.4. The van der Waals surface area contributed by atoms with Gasteiger partial charge in [0.15, 0.2) is 0 Å². The molecular formula is C24H22FN3O5S2. The van der Waals surface area contributed by atoms with Crippen LogP contribution in [0.2, 0.25) is 0 Å². The first-order chi connectivity index (χ1) is 16.8. The summed E-state index contributed by atoms with van der Waals surface area (Å²) >= 11 is 1.13. The van der Waals surface area contributed by atoms with Crippen LogP contribution in [-0.4, -0.2) is 67.5 Å². The number of benzene rings is 2. The Morgan fingerprint density at radius 2 is 1.57 bits per heavy atom. The van der Waals surface area contributed by atoms with Gasteiger partial charge in [-0.25, -0.2) is 12.8 Å². The number of carbonyl (C=O) groups is 3. The summed E-state index contributed by atoms with van der Waals surface area (Å²) in [5, 5.41) is 2.24. The zero-order valence-corrected chi connectivity index (χ0v) is 20.1. The standard InChI is InChI=1S/C24H22FN3O5S2/c25-18-7-4-6-17(16-18)23(30)27-11-13-28(14-12-27)24(31)22(26-21(29)20-10-5-15-34-20)35(32,33)19-8-2-1-3-9-19/h1-10,15-16,22H,11-14H2,(H,26,29)/t22-/m1/s1. The zero-order valence-electron chi connectivity index (χ0n) is 18.5. The van der Waals surface area contributed by atoms with Crippen molar-refractivity contribution in [3.05, 3.63) is 88.4 Å². The summed E-state index contributed by atoms with van der Waals surface area (Å²) in [6.07, 6.45) is 0. The Kier molecular flexibility index (Phi) is 7.27. The molecule has 1 N–H and O–H groups in total. The highest BCUT2D eigenvalue weighted by Gasteiger charge is 2.39. The highest BCUT2D eigenvalue weighted by molar-refractivity contribution is 7.92. The molecule has 3 amide bonds. The van der Waals surface area contributed by atoms with Crippen molar-refractivity contribution in [2.75, 3.05) is 26.2 Å². The van der Waals surface area contributed by atoms with Gasteiger partial charge in [0.05, 0.1) is 9.77 Å². The van der Waals surface area contributed by atoms with Gasteiger partial charge in [-0.2, -0.15) is 0 Å². The number of piperazine rings is 1. The average molecular weight is 516 g/mol. The SMILES string of the molecule is O=C(N[C@@H](C(=O)N1CCN(C(=O)c2cccc(F)c2)CC1)S(=O)(=O)c1ccccc1)c1cccs1. The lowest BCUT2D eigenvalue weighted by molar-refractivity contribution is -0.132. The number of hydrogen-bond donors (Lipinski definition) is 1. The first kappa shape index (κ1) is 24.6. The smallest absolute Gasteiger partial charge is 0.262 e. The van der Waals surface area contributed by atoms with Gasteiger partial charge in [-0.1, -0.05) is 30.3 Å². The molecule has 1 fully saturated rings. The summed E-state index contributed by atoms with van der Waals surface area (Å²) in [5.41, 5.74) is 0.192. The molecule has 1 atom stereocenters. The number of nitrogens with one attached hydrogen (secondary N) is 1. The quantitative estimate of drug-likeness (QED) is 0.543. The molecule has 3 aromatic rings. The minimum Gasteiger partial charge on any atom is -0.336 e. The van der Waals surface area contributed by atoms with Gasteiger partial charge in [0.1, 0.15) is 5.82 Å². The van der Waals surface area contributed by atoms with Crippen LogP contribution in [-0.2, 0) is 14.6 Å². The molecule has 182 valence electrons. The lowest BCUT2D eigenvalue weighted by atomic mass is 10.1. The Hall–Kier alpha value is -3.57. The Balaban J connectivity index is 1.52. The van der Waals surface area contributed by atoms with E-state index in [4.69, 9.17) is 0 Å². The van der Waals surface area contributed by atoms with Gasteiger partial charge in [-0.05, 0) is 41.8 Å². The summed E-state index contributed by atoms with van der Waals surface area (Å²) in [6.45, 7) is 0.404. The number of nitrogens with zero attached hydrogens (tertiary/aromatic N) is 2. The Morgan fingerprint density at radius 1 is 0.886 bits per heavy atom. The third-order valence-electron chi connectivity index (χ3n) is 5.56. The fraction of sp³-hybridized carbons (Fsp3) is 0.208. The van der Waals surface area contributed by atoms with Gasteiger partial charge in [-0.3, -0.25) is 14.4 Å². The van der Waals surface area contributed by atoms with Crippen molar-refractivity contribution < 1.29 is 27.2 Å². The normalized spacial score (nSPS) is 14.9. The van der Waals surface area contributed by atoms with E-state index >= 15 is 0 Å². The Labute approximate surface area is 205 Å². The lowest BCUT2D eigenvalue weighted by Crippen LogP contribution is -2.57. The number of carbonyl (C=O) groups excluding carboxylic acids is 3. The monoisotopic (exact) mass is 515 g/mol. The van der Waals surface area contributed by atoms with Crippen molar-refractivity contribution >= 4 is 38.9 Å². The van der Waals surface area contributed by atoms with Crippen molar-refractivity contribution in [2.24, 2.45) is 0 Å². The summed E-state index contributed by atoms with van der Waals surface area (Å²) in [5.74, 6) is -2.36. The molecule has 8 nitrogen and oxygen atoms in total. The van der Waals surface area contributed by atoms with Crippen LogP contribution in [0.5, 0.6) is 0 Å². The molecule has 0 spiro atoms. The van der Waals surface area contributed by atoms with Gasteiger partial charge in [0.2, 0.25) is 15.2 Å². The van der Waals surface area contributed by atoms with E-state index in [2.05, 4.69) is 5.32 Å². The second-order valence-corrected chi connectivity index (χ2v) is 10.8. The predicted molar refractivity (Wildman–Crippen MR) is 128 cm³/mol. The molecule has 0 saturated carbocycles. The van der Waals surface area contributed by atoms with Crippen LogP contribution in [0.1, 0.15) is 20.0 Å². The average Bonchev–Trinajstić information content (AvgIpc) is 3.42. The van der Waals surface area contributed by atoms with Crippen LogP contribution < -0.4 is 5.32 Å².